The maximum Gasteiger partial charge on any atom is 0.243 e. The van der Waals surface area contributed by atoms with Gasteiger partial charge in [-0.1, -0.05) is 30.3 Å². The van der Waals surface area contributed by atoms with Crippen LogP contribution in [0.15, 0.2) is 30.3 Å². The third kappa shape index (κ3) is 5.77. The molecule has 1 aromatic rings. The molecule has 5 nitrogen and oxygen atoms in total. The number of ether oxygens (including phenoxy) is 1. The Kier molecular flexibility index (Phi) is 7.01. The largest absolute Gasteiger partial charge is 0.382 e. The summed E-state index contributed by atoms with van der Waals surface area (Å²) in [6, 6.07) is 9.59. The van der Waals surface area contributed by atoms with Crippen LogP contribution in [0.25, 0.3) is 0 Å². The molecule has 0 saturated carbocycles. The number of hydrogen-bond donors (Lipinski definition) is 2. The maximum absolute atomic E-state index is 11.4. The van der Waals surface area contributed by atoms with E-state index in [1.54, 1.807) is 7.11 Å². The van der Waals surface area contributed by atoms with Gasteiger partial charge in [0.05, 0.1) is 13.2 Å². The number of carbonyl (C=O) groups excluding carboxylic acids is 1. The van der Waals surface area contributed by atoms with Crippen molar-refractivity contribution in [2.24, 2.45) is 5.73 Å². The van der Waals surface area contributed by atoms with Gasteiger partial charge in [0.15, 0.2) is 0 Å². The lowest BCUT2D eigenvalue weighted by Crippen LogP contribution is -2.26. The first kappa shape index (κ1) is 14.6. The standard InChI is InChI=1S/C13H20N2O3/c1-17-9-10-18-15-13(16)8-7-12(14)11-5-3-2-4-6-11/h2-6,12H,7-10,14H2,1H3,(H,15,16). The molecule has 3 N–H and O–H groups in total. The zero-order chi connectivity index (χ0) is 13.2. The predicted octanol–water partition coefficient (Wildman–Crippen LogP) is 1.16. The average molecular weight is 252 g/mol. The predicted molar refractivity (Wildman–Crippen MR) is 68.6 cm³/mol. The fourth-order valence-electron chi connectivity index (χ4n) is 1.46. The molecule has 0 heterocycles. The van der Waals surface area contributed by atoms with Crippen molar-refractivity contribution in [2.45, 2.75) is 18.9 Å². The van der Waals surface area contributed by atoms with Crippen LogP contribution in [-0.4, -0.2) is 26.2 Å². The van der Waals surface area contributed by atoms with Crippen LogP contribution in [0.2, 0.25) is 0 Å². The number of amides is 1. The monoisotopic (exact) mass is 252 g/mol. The molecule has 18 heavy (non-hydrogen) atoms. The Hall–Kier alpha value is -1.43. The van der Waals surface area contributed by atoms with E-state index in [1.165, 1.54) is 0 Å². The second-order valence-electron chi connectivity index (χ2n) is 3.92. The lowest BCUT2D eigenvalue weighted by Gasteiger charge is -2.11. The highest BCUT2D eigenvalue weighted by Crippen LogP contribution is 2.14. The lowest BCUT2D eigenvalue weighted by atomic mass is 10.0. The van der Waals surface area contributed by atoms with Crippen molar-refractivity contribution in [3.05, 3.63) is 35.9 Å². The van der Waals surface area contributed by atoms with E-state index in [9.17, 15) is 4.79 Å². The number of carbonyl (C=O) groups is 1. The van der Waals surface area contributed by atoms with E-state index >= 15 is 0 Å². The highest BCUT2D eigenvalue weighted by molar-refractivity contribution is 5.74. The first-order chi connectivity index (χ1) is 8.74. The number of hydrogen-bond acceptors (Lipinski definition) is 4. The minimum Gasteiger partial charge on any atom is -0.382 e. The summed E-state index contributed by atoms with van der Waals surface area (Å²) in [4.78, 5) is 16.3. The zero-order valence-corrected chi connectivity index (χ0v) is 10.6. The first-order valence-corrected chi connectivity index (χ1v) is 5.94. The smallest absolute Gasteiger partial charge is 0.243 e. The van der Waals surface area contributed by atoms with Gasteiger partial charge in [-0.15, -0.1) is 0 Å². The van der Waals surface area contributed by atoms with Crippen LogP contribution in [0, 0.1) is 0 Å². The second kappa shape index (κ2) is 8.63. The highest BCUT2D eigenvalue weighted by atomic mass is 16.7. The Labute approximate surface area is 107 Å². The van der Waals surface area contributed by atoms with E-state index in [1.807, 2.05) is 30.3 Å². The molecule has 0 aliphatic heterocycles. The minimum atomic E-state index is -0.169. The summed E-state index contributed by atoms with van der Waals surface area (Å²) in [5, 5.41) is 0. The first-order valence-electron chi connectivity index (χ1n) is 5.94. The van der Waals surface area contributed by atoms with Crippen LogP contribution >= 0.6 is 0 Å². The Bertz CT molecular complexity index is 343. The van der Waals surface area contributed by atoms with Gasteiger partial charge in [-0.25, -0.2) is 5.48 Å². The molecule has 5 heteroatoms. The Morgan fingerprint density at radius 2 is 2.06 bits per heavy atom. The van der Waals surface area contributed by atoms with E-state index in [0.29, 0.717) is 26.1 Å². The summed E-state index contributed by atoms with van der Waals surface area (Å²) >= 11 is 0. The Balaban J connectivity index is 2.18. The molecular formula is C13H20N2O3. The number of methoxy groups -OCH3 is 1. The zero-order valence-electron chi connectivity index (χ0n) is 10.6. The summed E-state index contributed by atoms with van der Waals surface area (Å²) in [6.07, 6.45) is 0.923. The molecule has 1 aromatic carbocycles. The normalized spacial score (nSPS) is 12.1. The quantitative estimate of drug-likeness (QED) is 0.538. The van der Waals surface area contributed by atoms with Crippen LogP contribution < -0.4 is 11.2 Å². The third-order valence-corrected chi connectivity index (χ3v) is 2.49. The second-order valence-corrected chi connectivity index (χ2v) is 3.92. The van der Waals surface area contributed by atoms with Gasteiger partial charge in [-0.05, 0) is 12.0 Å². The number of hydroxylamine groups is 1. The van der Waals surface area contributed by atoms with Crippen LogP contribution in [-0.2, 0) is 14.4 Å². The topological polar surface area (TPSA) is 73.6 Å². The summed E-state index contributed by atoms with van der Waals surface area (Å²) in [5.41, 5.74) is 9.36. The van der Waals surface area contributed by atoms with Crippen molar-refractivity contribution < 1.29 is 14.4 Å². The third-order valence-electron chi connectivity index (χ3n) is 2.49. The molecule has 0 spiro atoms. The van der Waals surface area contributed by atoms with Gasteiger partial charge in [0.2, 0.25) is 5.91 Å². The van der Waals surface area contributed by atoms with Crippen LogP contribution in [0.1, 0.15) is 24.4 Å². The molecule has 1 atom stereocenters. The van der Waals surface area contributed by atoms with Crippen molar-refractivity contribution in [2.75, 3.05) is 20.3 Å². The van der Waals surface area contributed by atoms with Crippen molar-refractivity contribution in [3.63, 3.8) is 0 Å². The summed E-state index contributed by atoms with van der Waals surface area (Å²) in [5.74, 6) is -0.169. The van der Waals surface area contributed by atoms with Gasteiger partial charge in [0.25, 0.3) is 0 Å². The van der Waals surface area contributed by atoms with E-state index in [-0.39, 0.29) is 11.9 Å². The van der Waals surface area contributed by atoms with E-state index in [2.05, 4.69) is 5.48 Å². The van der Waals surface area contributed by atoms with E-state index < -0.39 is 0 Å². The van der Waals surface area contributed by atoms with Crippen molar-refractivity contribution in [1.29, 1.82) is 0 Å². The maximum atomic E-state index is 11.4. The number of rotatable bonds is 8. The van der Waals surface area contributed by atoms with Gasteiger partial charge in [0, 0.05) is 19.6 Å². The van der Waals surface area contributed by atoms with Gasteiger partial charge in [-0.3, -0.25) is 9.63 Å². The van der Waals surface area contributed by atoms with Crippen molar-refractivity contribution in [3.8, 4) is 0 Å². The van der Waals surface area contributed by atoms with Crippen molar-refractivity contribution >= 4 is 5.91 Å². The summed E-state index contributed by atoms with van der Waals surface area (Å²) < 4.78 is 4.78. The Morgan fingerprint density at radius 1 is 1.33 bits per heavy atom. The number of nitrogens with one attached hydrogen (secondary N) is 1. The molecule has 0 aromatic heterocycles. The molecule has 0 bridgehead atoms. The lowest BCUT2D eigenvalue weighted by molar-refractivity contribution is -0.134. The molecule has 0 aliphatic carbocycles. The molecule has 0 fully saturated rings. The van der Waals surface area contributed by atoms with E-state index in [0.717, 1.165) is 5.56 Å². The number of nitrogens with two attached hydrogens (primary N) is 1. The van der Waals surface area contributed by atoms with Gasteiger partial charge < -0.3 is 10.5 Å². The SMILES string of the molecule is COCCONC(=O)CCC(N)c1ccccc1. The van der Waals surface area contributed by atoms with Crippen molar-refractivity contribution in [1.82, 2.24) is 5.48 Å². The summed E-state index contributed by atoms with van der Waals surface area (Å²) in [6.45, 7) is 0.788. The van der Waals surface area contributed by atoms with Crippen LogP contribution in [0.5, 0.6) is 0 Å². The van der Waals surface area contributed by atoms with Crippen LogP contribution in [0.4, 0.5) is 0 Å². The van der Waals surface area contributed by atoms with Gasteiger partial charge in [0.1, 0.15) is 0 Å². The molecule has 0 aliphatic rings. The fraction of sp³-hybridized carbons (Fsp3) is 0.462. The average Bonchev–Trinajstić information content (AvgIpc) is 2.42. The molecule has 1 amide bonds. The fourth-order valence-corrected chi connectivity index (χ4v) is 1.46. The molecule has 0 radical (unpaired) electrons. The van der Waals surface area contributed by atoms with Gasteiger partial charge >= 0.3 is 0 Å². The molecular weight excluding hydrogens is 232 g/mol. The molecule has 0 saturated heterocycles. The number of benzene rings is 1. The summed E-state index contributed by atoms with van der Waals surface area (Å²) in [7, 11) is 1.57. The molecule has 1 unspecified atom stereocenters. The van der Waals surface area contributed by atoms with E-state index in [4.69, 9.17) is 15.3 Å². The molecule has 1 rings (SSSR count). The van der Waals surface area contributed by atoms with Gasteiger partial charge in [-0.2, -0.15) is 0 Å². The van der Waals surface area contributed by atoms with Crippen LogP contribution in [0.3, 0.4) is 0 Å². The minimum absolute atomic E-state index is 0.129. The highest BCUT2D eigenvalue weighted by Gasteiger charge is 2.08. The molecule has 100 valence electrons. The Morgan fingerprint density at radius 3 is 2.72 bits per heavy atom.